The third kappa shape index (κ3) is 3.61. The van der Waals surface area contributed by atoms with Crippen LogP contribution in [-0.2, 0) is 4.79 Å². The maximum atomic E-state index is 11.5. The van der Waals surface area contributed by atoms with E-state index in [9.17, 15) is 4.79 Å². The maximum Gasteiger partial charge on any atom is 0.242 e. The average molecular weight is 257 g/mol. The summed E-state index contributed by atoms with van der Waals surface area (Å²) in [7, 11) is 0. The second kappa shape index (κ2) is 5.38. The van der Waals surface area contributed by atoms with E-state index in [4.69, 9.17) is 22.2 Å². The molecule has 0 spiro atoms. The highest BCUT2D eigenvalue weighted by molar-refractivity contribution is 6.30. The van der Waals surface area contributed by atoms with Gasteiger partial charge in [0.25, 0.3) is 0 Å². The molecule has 0 aromatic heterocycles. The quantitative estimate of drug-likeness (QED) is 0.492. The van der Waals surface area contributed by atoms with Gasteiger partial charge in [0.2, 0.25) is 5.91 Å². The van der Waals surface area contributed by atoms with Crippen molar-refractivity contribution in [2.45, 2.75) is 20.8 Å². The summed E-state index contributed by atoms with van der Waals surface area (Å²) in [6.07, 6.45) is 0. The van der Waals surface area contributed by atoms with Gasteiger partial charge in [0.15, 0.2) is 0 Å². The van der Waals surface area contributed by atoms with E-state index in [1.54, 1.807) is 26.0 Å². The summed E-state index contributed by atoms with van der Waals surface area (Å²) < 4.78 is 5.60. The topological polar surface area (TPSA) is 64.3 Å². The Bertz CT molecular complexity index is 419. The van der Waals surface area contributed by atoms with Gasteiger partial charge in [-0.05, 0) is 38.5 Å². The summed E-state index contributed by atoms with van der Waals surface area (Å²) in [6.45, 7) is 5.67. The van der Waals surface area contributed by atoms with Crippen molar-refractivity contribution in [1.29, 1.82) is 0 Å². The van der Waals surface area contributed by atoms with E-state index in [2.05, 4.69) is 5.43 Å². The lowest BCUT2D eigenvalue weighted by atomic mass is 9.94. The fraction of sp³-hybridized carbons (Fsp3) is 0.417. The zero-order chi connectivity index (χ0) is 13.1. The Morgan fingerprint density at radius 2 is 2.18 bits per heavy atom. The van der Waals surface area contributed by atoms with Crippen LogP contribution in [0.3, 0.4) is 0 Å². The molecule has 0 saturated heterocycles. The van der Waals surface area contributed by atoms with Crippen LogP contribution in [0.25, 0.3) is 0 Å². The maximum absolute atomic E-state index is 11.5. The van der Waals surface area contributed by atoms with Gasteiger partial charge >= 0.3 is 0 Å². The molecule has 4 nitrogen and oxygen atoms in total. The van der Waals surface area contributed by atoms with Crippen LogP contribution in [0, 0.1) is 12.3 Å². The van der Waals surface area contributed by atoms with Crippen molar-refractivity contribution in [3.05, 3.63) is 28.8 Å². The summed E-state index contributed by atoms with van der Waals surface area (Å²) in [6, 6.07) is 5.39. The molecule has 0 saturated carbocycles. The number of halogens is 1. The predicted molar refractivity (Wildman–Crippen MR) is 67.8 cm³/mol. The largest absolute Gasteiger partial charge is 0.492 e. The van der Waals surface area contributed by atoms with Crippen LogP contribution < -0.4 is 16.0 Å². The van der Waals surface area contributed by atoms with E-state index < -0.39 is 5.41 Å². The first kappa shape index (κ1) is 13.8. The van der Waals surface area contributed by atoms with Crippen LogP contribution in [0.15, 0.2) is 18.2 Å². The van der Waals surface area contributed by atoms with Crippen molar-refractivity contribution >= 4 is 17.5 Å². The van der Waals surface area contributed by atoms with Crippen LogP contribution in [-0.4, -0.2) is 12.5 Å². The van der Waals surface area contributed by atoms with Crippen molar-refractivity contribution in [3.63, 3.8) is 0 Å². The van der Waals surface area contributed by atoms with Gasteiger partial charge in [-0.1, -0.05) is 17.7 Å². The fourth-order valence-electron chi connectivity index (χ4n) is 1.25. The van der Waals surface area contributed by atoms with Gasteiger partial charge in [0.1, 0.15) is 12.4 Å². The molecule has 1 amide bonds. The SMILES string of the molecule is Cc1ccc(Cl)cc1OCC(C)(C)C(=O)NN. The van der Waals surface area contributed by atoms with Crippen LogP contribution >= 0.6 is 11.6 Å². The molecule has 94 valence electrons. The number of benzene rings is 1. The minimum atomic E-state index is -0.691. The number of carbonyl (C=O) groups excluding carboxylic acids is 1. The number of hydrazine groups is 1. The first-order chi connectivity index (χ1) is 7.86. The summed E-state index contributed by atoms with van der Waals surface area (Å²) >= 11 is 5.88. The summed E-state index contributed by atoms with van der Waals surface area (Å²) in [5, 5.41) is 0.603. The van der Waals surface area contributed by atoms with Crippen molar-refractivity contribution in [2.75, 3.05) is 6.61 Å². The number of hydrogen-bond acceptors (Lipinski definition) is 3. The van der Waals surface area contributed by atoms with Gasteiger partial charge in [-0.2, -0.15) is 0 Å². The Labute approximate surface area is 106 Å². The second-order valence-electron chi connectivity index (χ2n) is 4.56. The van der Waals surface area contributed by atoms with Crippen LogP contribution in [0.2, 0.25) is 5.02 Å². The van der Waals surface area contributed by atoms with Crippen LogP contribution in [0.4, 0.5) is 0 Å². The molecule has 0 aliphatic heterocycles. The van der Waals surface area contributed by atoms with Crippen LogP contribution in [0.5, 0.6) is 5.75 Å². The van der Waals surface area contributed by atoms with Crippen molar-refractivity contribution < 1.29 is 9.53 Å². The minimum Gasteiger partial charge on any atom is -0.492 e. The number of hydrogen-bond donors (Lipinski definition) is 2. The Kier molecular flexibility index (Phi) is 4.37. The van der Waals surface area contributed by atoms with E-state index in [-0.39, 0.29) is 12.5 Å². The van der Waals surface area contributed by atoms with E-state index in [0.29, 0.717) is 10.8 Å². The molecule has 0 bridgehead atoms. The van der Waals surface area contributed by atoms with Gasteiger partial charge in [0.05, 0.1) is 5.41 Å². The van der Waals surface area contributed by atoms with E-state index in [0.717, 1.165) is 5.56 Å². The second-order valence-corrected chi connectivity index (χ2v) is 4.99. The van der Waals surface area contributed by atoms with Crippen molar-refractivity contribution in [1.82, 2.24) is 5.43 Å². The number of ether oxygens (including phenoxy) is 1. The first-order valence-corrected chi connectivity index (χ1v) is 5.64. The van der Waals surface area contributed by atoms with Crippen molar-refractivity contribution in [3.8, 4) is 5.75 Å². The zero-order valence-corrected chi connectivity index (χ0v) is 11.0. The summed E-state index contributed by atoms with van der Waals surface area (Å²) in [5.41, 5.74) is 2.40. The van der Waals surface area contributed by atoms with E-state index in [1.807, 2.05) is 13.0 Å². The molecule has 0 radical (unpaired) electrons. The van der Waals surface area contributed by atoms with Gasteiger partial charge in [-0.25, -0.2) is 5.84 Å². The first-order valence-electron chi connectivity index (χ1n) is 5.27. The summed E-state index contributed by atoms with van der Waals surface area (Å²) in [5.74, 6) is 5.51. The number of rotatable bonds is 4. The average Bonchev–Trinajstić information content (AvgIpc) is 2.29. The van der Waals surface area contributed by atoms with Gasteiger partial charge in [0, 0.05) is 5.02 Å². The minimum absolute atomic E-state index is 0.233. The molecule has 0 heterocycles. The molecule has 1 aromatic carbocycles. The van der Waals surface area contributed by atoms with Gasteiger partial charge in [-0.15, -0.1) is 0 Å². The van der Waals surface area contributed by atoms with E-state index >= 15 is 0 Å². The number of nitrogens with two attached hydrogens (primary N) is 1. The number of aryl methyl sites for hydroxylation is 1. The highest BCUT2D eigenvalue weighted by Crippen LogP contribution is 2.25. The Morgan fingerprint density at radius 3 is 2.76 bits per heavy atom. The third-order valence-electron chi connectivity index (χ3n) is 2.48. The number of carbonyl (C=O) groups is 1. The monoisotopic (exact) mass is 256 g/mol. The smallest absolute Gasteiger partial charge is 0.242 e. The highest BCUT2D eigenvalue weighted by atomic mass is 35.5. The molecule has 5 heteroatoms. The molecule has 17 heavy (non-hydrogen) atoms. The highest BCUT2D eigenvalue weighted by Gasteiger charge is 2.28. The predicted octanol–water partition coefficient (Wildman–Crippen LogP) is 2.04. The molecule has 0 aliphatic rings. The molecule has 0 unspecified atom stereocenters. The molecular formula is C12H17ClN2O2. The lowest BCUT2D eigenvalue weighted by molar-refractivity contribution is -0.130. The number of nitrogens with one attached hydrogen (secondary N) is 1. The standard InChI is InChI=1S/C12H17ClN2O2/c1-8-4-5-9(13)6-10(8)17-7-12(2,3)11(16)15-14/h4-6H,7,14H2,1-3H3,(H,15,16). The number of amides is 1. The van der Waals surface area contributed by atoms with E-state index in [1.165, 1.54) is 0 Å². The Balaban J connectivity index is 2.73. The Morgan fingerprint density at radius 1 is 1.53 bits per heavy atom. The molecule has 0 fully saturated rings. The molecule has 0 aliphatic carbocycles. The molecular weight excluding hydrogens is 240 g/mol. The van der Waals surface area contributed by atoms with Crippen molar-refractivity contribution in [2.24, 2.45) is 11.3 Å². The zero-order valence-electron chi connectivity index (χ0n) is 10.2. The lowest BCUT2D eigenvalue weighted by Crippen LogP contribution is -2.44. The molecule has 0 atom stereocenters. The van der Waals surface area contributed by atoms with Gasteiger partial charge < -0.3 is 4.74 Å². The third-order valence-corrected chi connectivity index (χ3v) is 2.72. The fourth-order valence-corrected chi connectivity index (χ4v) is 1.41. The van der Waals surface area contributed by atoms with Crippen LogP contribution in [0.1, 0.15) is 19.4 Å². The van der Waals surface area contributed by atoms with Gasteiger partial charge in [-0.3, -0.25) is 10.2 Å². The molecule has 1 aromatic rings. The molecule has 1 rings (SSSR count). The Hall–Kier alpha value is -1.26. The molecule has 3 N–H and O–H groups in total. The normalized spacial score (nSPS) is 11.1. The summed E-state index contributed by atoms with van der Waals surface area (Å²) in [4.78, 5) is 11.5. The lowest BCUT2D eigenvalue weighted by Gasteiger charge is -2.23.